The van der Waals surface area contributed by atoms with E-state index in [2.05, 4.69) is 14.9 Å². The molecule has 1 aromatic rings. The minimum absolute atomic E-state index is 0.0968. The molecular weight excluding hydrogens is 262 g/mol. The van der Waals surface area contributed by atoms with E-state index in [1.54, 1.807) is 0 Å². The van der Waals surface area contributed by atoms with Crippen LogP contribution in [0.15, 0.2) is 17.3 Å². The molecule has 0 fully saturated rings. The van der Waals surface area contributed by atoms with Crippen molar-refractivity contribution in [2.45, 2.75) is 23.8 Å². The number of aromatic nitrogens is 2. The Morgan fingerprint density at radius 2 is 2.39 bits per heavy atom. The van der Waals surface area contributed by atoms with E-state index < -0.39 is 22.0 Å². The number of carboxylic acid groups (broad SMARTS) is 1. The lowest BCUT2D eigenvalue weighted by Gasteiger charge is -2.13. The van der Waals surface area contributed by atoms with Crippen LogP contribution < -0.4 is 4.72 Å². The first-order valence-corrected chi connectivity index (χ1v) is 6.68. The molecule has 102 valence electrons. The molecule has 0 saturated carbocycles. The summed E-state index contributed by atoms with van der Waals surface area (Å²) in [6.45, 7) is 0.372. The zero-order chi connectivity index (χ0) is 13.6. The van der Waals surface area contributed by atoms with Gasteiger partial charge in [0.15, 0.2) is 0 Å². The van der Waals surface area contributed by atoms with Crippen molar-refractivity contribution in [3.63, 3.8) is 0 Å². The van der Waals surface area contributed by atoms with Crippen LogP contribution in [0.5, 0.6) is 0 Å². The number of methoxy groups -OCH3 is 1. The van der Waals surface area contributed by atoms with E-state index in [1.807, 2.05) is 0 Å². The van der Waals surface area contributed by atoms with E-state index in [9.17, 15) is 13.2 Å². The average Bonchev–Trinajstić information content (AvgIpc) is 2.81. The normalized spacial score (nSPS) is 13.4. The molecule has 1 rings (SSSR count). The Labute approximate surface area is 104 Å². The molecule has 1 atom stereocenters. The predicted molar refractivity (Wildman–Crippen MR) is 61.4 cm³/mol. The largest absolute Gasteiger partial charge is 0.480 e. The van der Waals surface area contributed by atoms with E-state index >= 15 is 0 Å². The van der Waals surface area contributed by atoms with Crippen molar-refractivity contribution >= 4 is 16.0 Å². The summed E-state index contributed by atoms with van der Waals surface area (Å²) in [5.74, 6) is -1.22. The van der Waals surface area contributed by atoms with Crippen LogP contribution >= 0.6 is 0 Å². The van der Waals surface area contributed by atoms with Gasteiger partial charge < -0.3 is 9.84 Å². The van der Waals surface area contributed by atoms with Crippen LogP contribution in [0.3, 0.4) is 0 Å². The molecule has 0 aliphatic rings. The Kier molecular flexibility index (Phi) is 5.25. The minimum atomic E-state index is -3.86. The summed E-state index contributed by atoms with van der Waals surface area (Å²) in [7, 11) is -2.37. The second-order valence-corrected chi connectivity index (χ2v) is 5.30. The SMILES string of the molecule is COCCCC(NS(=O)(=O)c1cn[nH]c1)C(=O)O. The van der Waals surface area contributed by atoms with Gasteiger partial charge in [0.1, 0.15) is 10.9 Å². The number of nitrogens with zero attached hydrogens (tertiary/aromatic N) is 1. The maximum absolute atomic E-state index is 11.8. The van der Waals surface area contributed by atoms with E-state index in [1.165, 1.54) is 13.3 Å². The summed E-state index contributed by atoms with van der Waals surface area (Å²) < 4.78 is 30.5. The number of nitrogens with one attached hydrogen (secondary N) is 2. The topological polar surface area (TPSA) is 121 Å². The second-order valence-electron chi connectivity index (χ2n) is 3.58. The number of hydrogen-bond donors (Lipinski definition) is 3. The Hall–Kier alpha value is -1.45. The first kappa shape index (κ1) is 14.6. The molecule has 1 unspecified atom stereocenters. The lowest BCUT2D eigenvalue weighted by atomic mass is 10.2. The van der Waals surface area contributed by atoms with E-state index in [4.69, 9.17) is 9.84 Å². The van der Waals surface area contributed by atoms with Gasteiger partial charge in [-0.1, -0.05) is 0 Å². The van der Waals surface area contributed by atoms with Gasteiger partial charge in [-0.15, -0.1) is 0 Å². The van der Waals surface area contributed by atoms with Crippen LogP contribution in [-0.2, 0) is 19.6 Å². The van der Waals surface area contributed by atoms with Gasteiger partial charge in [-0.25, -0.2) is 8.42 Å². The van der Waals surface area contributed by atoms with Gasteiger partial charge in [0.25, 0.3) is 0 Å². The zero-order valence-corrected chi connectivity index (χ0v) is 10.6. The van der Waals surface area contributed by atoms with Crippen molar-refractivity contribution in [1.82, 2.24) is 14.9 Å². The lowest BCUT2D eigenvalue weighted by Crippen LogP contribution is -2.40. The number of carbonyl (C=O) groups is 1. The summed E-state index contributed by atoms with van der Waals surface area (Å²) >= 11 is 0. The summed E-state index contributed by atoms with van der Waals surface area (Å²) in [5.41, 5.74) is 0. The summed E-state index contributed by atoms with van der Waals surface area (Å²) in [6, 6.07) is -1.18. The number of aliphatic carboxylic acids is 1. The molecule has 1 aromatic heterocycles. The third-order valence-electron chi connectivity index (χ3n) is 2.22. The maximum atomic E-state index is 11.8. The van der Waals surface area contributed by atoms with Crippen LogP contribution in [0.4, 0.5) is 0 Å². The fraction of sp³-hybridized carbons (Fsp3) is 0.556. The third kappa shape index (κ3) is 4.09. The van der Waals surface area contributed by atoms with Crippen molar-refractivity contribution in [3.8, 4) is 0 Å². The number of rotatable bonds is 8. The molecule has 1 heterocycles. The number of aromatic amines is 1. The first-order chi connectivity index (χ1) is 8.47. The highest BCUT2D eigenvalue weighted by atomic mass is 32.2. The van der Waals surface area contributed by atoms with Crippen molar-refractivity contribution in [3.05, 3.63) is 12.4 Å². The number of hydrogen-bond acceptors (Lipinski definition) is 5. The van der Waals surface area contributed by atoms with Gasteiger partial charge in [0, 0.05) is 19.9 Å². The maximum Gasteiger partial charge on any atom is 0.321 e. The van der Waals surface area contributed by atoms with E-state index in [0.29, 0.717) is 13.0 Å². The highest BCUT2D eigenvalue weighted by molar-refractivity contribution is 7.89. The van der Waals surface area contributed by atoms with Crippen LogP contribution in [0.2, 0.25) is 0 Å². The number of carboxylic acids is 1. The highest BCUT2D eigenvalue weighted by Gasteiger charge is 2.25. The minimum Gasteiger partial charge on any atom is -0.480 e. The van der Waals surface area contributed by atoms with Gasteiger partial charge in [-0.3, -0.25) is 9.89 Å². The van der Waals surface area contributed by atoms with Gasteiger partial charge in [-0.2, -0.15) is 9.82 Å². The van der Waals surface area contributed by atoms with Crippen LogP contribution in [0.25, 0.3) is 0 Å². The Morgan fingerprint density at radius 1 is 1.67 bits per heavy atom. The number of sulfonamides is 1. The molecule has 18 heavy (non-hydrogen) atoms. The van der Waals surface area contributed by atoms with Crippen molar-refractivity contribution in [2.75, 3.05) is 13.7 Å². The highest BCUT2D eigenvalue weighted by Crippen LogP contribution is 2.08. The molecule has 0 bridgehead atoms. The van der Waals surface area contributed by atoms with E-state index in [-0.39, 0.29) is 11.3 Å². The van der Waals surface area contributed by atoms with Crippen molar-refractivity contribution in [2.24, 2.45) is 0 Å². The fourth-order valence-corrected chi connectivity index (χ4v) is 2.43. The van der Waals surface area contributed by atoms with Gasteiger partial charge in [-0.05, 0) is 12.8 Å². The van der Waals surface area contributed by atoms with Crippen LogP contribution in [0.1, 0.15) is 12.8 Å². The van der Waals surface area contributed by atoms with Gasteiger partial charge in [0.05, 0.1) is 6.20 Å². The Balaban J connectivity index is 2.69. The van der Waals surface area contributed by atoms with Gasteiger partial charge >= 0.3 is 5.97 Å². The first-order valence-electron chi connectivity index (χ1n) is 5.20. The monoisotopic (exact) mass is 277 g/mol. The molecule has 0 saturated heterocycles. The van der Waals surface area contributed by atoms with Gasteiger partial charge in [0.2, 0.25) is 10.0 Å². The molecule has 0 radical (unpaired) electrons. The standard InChI is InChI=1S/C9H15N3O5S/c1-17-4-2-3-8(9(13)14)12-18(15,16)7-5-10-11-6-7/h5-6,8,12H,2-4H2,1H3,(H,10,11)(H,13,14). The van der Waals surface area contributed by atoms with Crippen molar-refractivity contribution in [1.29, 1.82) is 0 Å². The predicted octanol–water partition coefficient (Wildman–Crippen LogP) is -0.432. The molecule has 0 aliphatic heterocycles. The molecule has 0 aromatic carbocycles. The fourth-order valence-electron chi connectivity index (χ4n) is 1.31. The molecule has 9 heteroatoms. The molecular formula is C9H15N3O5S. The van der Waals surface area contributed by atoms with Crippen LogP contribution in [-0.4, -0.2) is 49.4 Å². The molecule has 0 spiro atoms. The molecule has 8 nitrogen and oxygen atoms in total. The second kappa shape index (κ2) is 6.47. The molecule has 0 aliphatic carbocycles. The smallest absolute Gasteiger partial charge is 0.321 e. The Morgan fingerprint density at radius 3 is 2.89 bits per heavy atom. The molecule has 0 amide bonds. The van der Waals surface area contributed by atoms with E-state index in [0.717, 1.165) is 6.20 Å². The number of ether oxygens (including phenoxy) is 1. The third-order valence-corrected chi connectivity index (χ3v) is 3.66. The lowest BCUT2D eigenvalue weighted by molar-refractivity contribution is -0.139. The Bertz CT molecular complexity index is 470. The average molecular weight is 277 g/mol. The zero-order valence-electron chi connectivity index (χ0n) is 9.79. The van der Waals surface area contributed by atoms with Crippen LogP contribution in [0, 0.1) is 0 Å². The van der Waals surface area contributed by atoms with Crippen molar-refractivity contribution < 1.29 is 23.1 Å². The summed E-state index contributed by atoms with van der Waals surface area (Å²) in [4.78, 5) is 10.9. The molecule has 3 N–H and O–H groups in total. The summed E-state index contributed by atoms with van der Waals surface area (Å²) in [6.07, 6.45) is 2.88. The quantitative estimate of drug-likeness (QED) is 0.554. The summed E-state index contributed by atoms with van der Waals surface area (Å²) in [5, 5.41) is 14.8. The number of H-pyrrole nitrogens is 1.